The van der Waals surface area contributed by atoms with Crippen molar-refractivity contribution in [1.82, 2.24) is 25.0 Å². The number of anilines is 1. The van der Waals surface area contributed by atoms with E-state index in [9.17, 15) is 27.6 Å². The van der Waals surface area contributed by atoms with Crippen LogP contribution >= 0.6 is 0 Å². The number of nitrogens with zero attached hydrogens (tertiary/aromatic N) is 4. The first-order chi connectivity index (χ1) is 16.2. The van der Waals surface area contributed by atoms with Crippen LogP contribution in [0.1, 0.15) is 23.1 Å². The fraction of sp³-hybridized carbons (Fsp3) is 0.227. The first kappa shape index (κ1) is 21.6. The fourth-order valence-electron chi connectivity index (χ4n) is 4.41. The summed E-state index contributed by atoms with van der Waals surface area (Å²) in [7, 11) is 0. The lowest BCUT2D eigenvalue weighted by atomic mass is 9.92. The molecule has 0 saturated carbocycles. The molecule has 2 heterocycles. The third kappa shape index (κ3) is 3.47. The Morgan fingerprint density at radius 1 is 1.18 bits per heavy atom. The molecule has 1 aliphatic carbocycles. The Hall–Kier alpha value is -4.22. The average Bonchev–Trinajstić information content (AvgIpc) is 3.50. The molecule has 1 fully saturated rings. The van der Waals surface area contributed by atoms with Crippen LogP contribution in [0.15, 0.2) is 55.1 Å². The fourth-order valence-corrected chi connectivity index (χ4v) is 4.41. The van der Waals surface area contributed by atoms with Crippen molar-refractivity contribution in [2.24, 2.45) is 0 Å². The van der Waals surface area contributed by atoms with Crippen LogP contribution in [-0.4, -0.2) is 44.1 Å². The minimum Gasteiger partial charge on any atom is -0.323 e. The SMILES string of the molecule is O=C(CN1C(=O)NC2(CCc3ccccc32)C1=O)Nc1cc(C(F)(F)F)ccc1-n1cncn1. The summed E-state index contributed by atoms with van der Waals surface area (Å²) in [4.78, 5) is 43.2. The summed E-state index contributed by atoms with van der Waals surface area (Å²) in [6.45, 7) is -0.665. The van der Waals surface area contributed by atoms with Gasteiger partial charge in [0.05, 0.1) is 16.9 Å². The number of imide groups is 1. The molecule has 2 N–H and O–H groups in total. The molecule has 3 aromatic rings. The Kier molecular flexibility index (Phi) is 4.88. The van der Waals surface area contributed by atoms with E-state index in [1.54, 1.807) is 12.1 Å². The van der Waals surface area contributed by atoms with E-state index in [0.717, 1.165) is 28.7 Å². The molecule has 0 radical (unpaired) electrons. The van der Waals surface area contributed by atoms with Crippen molar-refractivity contribution in [3.05, 3.63) is 71.8 Å². The molecule has 9 nitrogen and oxygen atoms in total. The summed E-state index contributed by atoms with van der Waals surface area (Å²) < 4.78 is 40.9. The molecule has 2 aromatic carbocycles. The molecule has 2 aliphatic rings. The van der Waals surface area contributed by atoms with Crippen molar-refractivity contribution in [1.29, 1.82) is 0 Å². The van der Waals surface area contributed by atoms with Crippen molar-refractivity contribution >= 4 is 23.5 Å². The molecule has 5 rings (SSSR count). The minimum atomic E-state index is -4.65. The van der Waals surface area contributed by atoms with Gasteiger partial charge in [-0.3, -0.25) is 14.5 Å². The van der Waals surface area contributed by atoms with Gasteiger partial charge in [-0.1, -0.05) is 24.3 Å². The Bertz CT molecular complexity index is 1310. The second-order valence-corrected chi connectivity index (χ2v) is 8.00. The lowest BCUT2D eigenvalue weighted by Crippen LogP contribution is -2.43. The van der Waals surface area contributed by atoms with E-state index in [1.165, 1.54) is 17.3 Å². The van der Waals surface area contributed by atoms with Gasteiger partial charge in [0.2, 0.25) is 5.91 Å². The lowest BCUT2D eigenvalue weighted by Gasteiger charge is -2.22. The molecule has 1 aliphatic heterocycles. The second-order valence-electron chi connectivity index (χ2n) is 8.00. The number of alkyl halides is 3. The number of hydrogen-bond acceptors (Lipinski definition) is 5. The molecular weight excluding hydrogens is 453 g/mol. The topological polar surface area (TPSA) is 109 Å². The first-order valence-corrected chi connectivity index (χ1v) is 10.3. The molecule has 1 atom stereocenters. The van der Waals surface area contributed by atoms with Crippen LogP contribution in [0.5, 0.6) is 0 Å². The molecule has 1 unspecified atom stereocenters. The number of nitrogens with one attached hydrogen (secondary N) is 2. The Morgan fingerprint density at radius 2 is 1.97 bits per heavy atom. The van der Waals surface area contributed by atoms with Gasteiger partial charge in [0, 0.05) is 0 Å². The maximum absolute atomic E-state index is 13.2. The number of aromatic nitrogens is 3. The summed E-state index contributed by atoms with van der Waals surface area (Å²) >= 11 is 0. The Balaban J connectivity index is 1.40. The van der Waals surface area contributed by atoms with Crippen LogP contribution in [0.25, 0.3) is 5.69 Å². The van der Waals surface area contributed by atoms with Gasteiger partial charge in [-0.05, 0) is 42.2 Å². The van der Waals surface area contributed by atoms with Crippen molar-refractivity contribution in [2.45, 2.75) is 24.6 Å². The molecule has 0 bridgehead atoms. The summed E-state index contributed by atoms with van der Waals surface area (Å²) in [5.74, 6) is -1.41. The number of urea groups is 1. The molecule has 1 saturated heterocycles. The number of hydrogen-bond donors (Lipinski definition) is 2. The minimum absolute atomic E-state index is 0.136. The van der Waals surface area contributed by atoms with E-state index in [1.807, 2.05) is 12.1 Å². The number of halogens is 3. The number of benzene rings is 2. The number of carbonyl (C=O) groups is 3. The highest BCUT2D eigenvalue weighted by atomic mass is 19.4. The van der Waals surface area contributed by atoms with E-state index < -0.39 is 41.7 Å². The van der Waals surface area contributed by atoms with Gasteiger partial charge in [-0.15, -0.1) is 0 Å². The molecule has 1 spiro atoms. The second kappa shape index (κ2) is 7.68. The summed E-state index contributed by atoms with van der Waals surface area (Å²) in [5, 5.41) is 8.97. The van der Waals surface area contributed by atoms with Gasteiger partial charge in [0.15, 0.2) is 0 Å². The quantitative estimate of drug-likeness (QED) is 0.570. The lowest BCUT2D eigenvalue weighted by molar-refractivity contribution is -0.137. The van der Waals surface area contributed by atoms with Crippen molar-refractivity contribution in [3.8, 4) is 5.69 Å². The third-order valence-electron chi connectivity index (χ3n) is 5.99. The zero-order valence-corrected chi connectivity index (χ0v) is 17.5. The van der Waals surface area contributed by atoms with Crippen LogP contribution in [0.3, 0.4) is 0 Å². The smallest absolute Gasteiger partial charge is 0.323 e. The first-order valence-electron chi connectivity index (χ1n) is 10.3. The van der Waals surface area contributed by atoms with Gasteiger partial charge < -0.3 is 10.6 Å². The van der Waals surface area contributed by atoms with E-state index in [0.29, 0.717) is 18.4 Å². The molecule has 34 heavy (non-hydrogen) atoms. The summed E-state index contributed by atoms with van der Waals surface area (Å²) in [5.41, 5.74) is -0.666. The monoisotopic (exact) mass is 470 g/mol. The normalized spacial score (nSPS) is 19.4. The third-order valence-corrected chi connectivity index (χ3v) is 5.99. The van der Waals surface area contributed by atoms with Crippen LogP contribution < -0.4 is 10.6 Å². The van der Waals surface area contributed by atoms with Crippen molar-refractivity contribution < 1.29 is 27.6 Å². The predicted molar refractivity (Wildman–Crippen MR) is 112 cm³/mol. The molecular formula is C22H17F3N6O3. The highest BCUT2D eigenvalue weighted by Crippen LogP contribution is 2.41. The van der Waals surface area contributed by atoms with E-state index >= 15 is 0 Å². The average molecular weight is 470 g/mol. The van der Waals surface area contributed by atoms with E-state index in [-0.39, 0.29) is 11.4 Å². The molecule has 12 heteroatoms. The number of rotatable bonds is 4. The van der Waals surface area contributed by atoms with Gasteiger partial charge in [0.25, 0.3) is 5.91 Å². The van der Waals surface area contributed by atoms with Gasteiger partial charge >= 0.3 is 12.2 Å². The number of carbonyl (C=O) groups excluding carboxylic acids is 3. The predicted octanol–water partition coefficient (Wildman–Crippen LogP) is 2.62. The van der Waals surface area contributed by atoms with E-state index in [4.69, 9.17) is 0 Å². The van der Waals surface area contributed by atoms with Crippen LogP contribution in [0.2, 0.25) is 0 Å². The van der Waals surface area contributed by atoms with Crippen molar-refractivity contribution in [3.63, 3.8) is 0 Å². The zero-order valence-electron chi connectivity index (χ0n) is 17.5. The van der Waals surface area contributed by atoms with Crippen LogP contribution in [0.4, 0.5) is 23.7 Å². The Labute approximate surface area is 190 Å². The highest BCUT2D eigenvalue weighted by Gasteiger charge is 2.55. The largest absolute Gasteiger partial charge is 0.416 e. The Morgan fingerprint density at radius 3 is 2.71 bits per heavy atom. The standard InChI is InChI=1S/C22H17F3N6O3/c23-22(24,25)14-5-6-17(31-12-26-11-27-31)16(9-14)28-18(32)10-30-19(33)21(29-20(30)34)8-7-13-3-1-2-4-15(13)21/h1-6,9,11-12H,7-8,10H2,(H,28,32)(H,29,34). The maximum atomic E-state index is 13.2. The maximum Gasteiger partial charge on any atom is 0.416 e. The molecule has 4 amide bonds. The molecule has 1 aromatic heterocycles. The number of amides is 4. The number of fused-ring (bicyclic) bond motifs is 2. The van der Waals surface area contributed by atoms with Crippen LogP contribution in [-0.2, 0) is 27.7 Å². The zero-order chi connectivity index (χ0) is 24.1. The molecule has 174 valence electrons. The van der Waals surface area contributed by atoms with Crippen LogP contribution in [0, 0.1) is 0 Å². The number of aryl methyl sites for hydroxylation is 1. The summed E-state index contributed by atoms with van der Waals surface area (Å²) in [6.07, 6.45) is -1.24. The summed E-state index contributed by atoms with van der Waals surface area (Å²) in [6, 6.07) is 9.26. The van der Waals surface area contributed by atoms with Gasteiger partial charge in [-0.25, -0.2) is 14.5 Å². The highest BCUT2D eigenvalue weighted by molar-refractivity contribution is 6.11. The van der Waals surface area contributed by atoms with Gasteiger partial charge in [0.1, 0.15) is 24.7 Å². The van der Waals surface area contributed by atoms with Gasteiger partial charge in [-0.2, -0.15) is 18.3 Å². The van der Waals surface area contributed by atoms with Crippen molar-refractivity contribution in [2.75, 3.05) is 11.9 Å². The van der Waals surface area contributed by atoms with E-state index in [2.05, 4.69) is 20.7 Å².